The normalized spacial score (nSPS) is 10.8. The van der Waals surface area contributed by atoms with Gasteiger partial charge in [0.15, 0.2) is 0 Å². The van der Waals surface area contributed by atoms with Crippen molar-refractivity contribution in [2.45, 2.75) is 26.6 Å². The molecule has 2 aromatic heterocycles. The Kier molecular flexibility index (Phi) is 4.41. The van der Waals surface area contributed by atoms with Crippen LogP contribution in [0.4, 0.5) is 5.69 Å². The molecule has 2 aromatic rings. The van der Waals surface area contributed by atoms with Crippen LogP contribution in [0.25, 0.3) is 0 Å². The maximum Gasteiger partial charge on any atom is 0.0729 e. The molecule has 0 atom stereocenters. The molecule has 0 aliphatic heterocycles. The van der Waals surface area contributed by atoms with Crippen LogP contribution in [0.15, 0.2) is 30.9 Å². The molecule has 5 heteroatoms. The Labute approximate surface area is 107 Å². The molecular weight excluding hydrogens is 228 g/mol. The number of nitrogens with zero attached hydrogens (tertiary/aromatic N) is 3. The third-order valence-electron chi connectivity index (χ3n) is 2.83. The number of methoxy groups -OCH3 is 1. The van der Waals surface area contributed by atoms with Crippen LogP contribution in [-0.2, 0) is 24.4 Å². The molecule has 0 radical (unpaired) electrons. The second-order valence-electron chi connectivity index (χ2n) is 4.19. The van der Waals surface area contributed by atoms with Gasteiger partial charge in [0.2, 0.25) is 0 Å². The van der Waals surface area contributed by atoms with Crippen LogP contribution < -0.4 is 5.32 Å². The van der Waals surface area contributed by atoms with Gasteiger partial charge in [-0.25, -0.2) is 0 Å². The molecule has 0 spiro atoms. The first-order chi connectivity index (χ1) is 8.81. The molecule has 0 bridgehead atoms. The number of ether oxygens (including phenoxy) is 1. The van der Waals surface area contributed by atoms with Crippen LogP contribution in [0.3, 0.4) is 0 Å². The van der Waals surface area contributed by atoms with E-state index in [0.717, 1.165) is 25.3 Å². The molecule has 18 heavy (non-hydrogen) atoms. The fourth-order valence-electron chi connectivity index (χ4n) is 1.76. The number of aromatic nitrogens is 3. The summed E-state index contributed by atoms with van der Waals surface area (Å²) in [6.07, 6.45) is 8.09. The van der Waals surface area contributed by atoms with E-state index in [1.54, 1.807) is 7.11 Å². The summed E-state index contributed by atoms with van der Waals surface area (Å²) in [7, 11) is 1.70. The number of nitrogens with one attached hydrogen (secondary N) is 1. The molecule has 0 fully saturated rings. The quantitative estimate of drug-likeness (QED) is 0.814. The van der Waals surface area contributed by atoms with Crippen molar-refractivity contribution < 1.29 is 4.74 Å². The van der Waals surface area contributed by atoms with Gasteiger partial charge in [-0.2, -0.15) is 5.10 Å². The van der Waals surface area contributed by atoms with Gasteiger partial charge in [-0.3, -0.25) is 4.68 Å². The van der Waals surface area contributed by atoms with Crippen LogP contribution in [0.1, 0.15) is 12.5 Å². The standard InChI is InChI=1S/C13H20N4O/c1-3-16-5-4-12(10-16)8-14-13-9-15-17(11-13)6-7-18-2/h4-5,9-11,14H,3,6-8H2,1-2H3. The van der Waals surface area contributed by atoms with Crippen molar-refractivity contribution >= 4 is 5.69 Å². The monoisotopic (exact) mass is 248 g/mol. The zero-order valence-electron chi connectivity index (χ0n) is 11.0. The van der Waals surface area contributed by atoms with Gasteiger partial charge in [-0.1, -0.05) is 0 Å². The summed E-state index contributed by atoms with van der Waals surface area (Å²) in [5.74, 6) is 0. The molecule has 0 aliphatic carbocycles. The molecule has 0 saturated heterocycles. The Morgan fingerprint density at radius 2 is 2.28 bits per heavy atom. The fourth-order valence-corrected chi connectivity index (χ4v) is 1.76. The number of aryl methyl sites for hydroxylation is 1. The number of hydrogen-bond acceptors (Lipinski definition) is 3. The average Bonchev–Trinajstić information content (AvgIpc) is 3.03. The Morgan fingerprint density at radius 1 is 1.39 bits per heavy atom. The van der Waals surface area contributed by atoms with Crippen molar-refractivity contribution in [3.05, 3.63) is 36.4 Å². The number of hydrogen-bond donors (Lipinski definition) is 1. The van der Waals surface area contributed by atoms with Crippen LogP contribution in [0.2, 0.25) is 0 Å². The predicted molar refractivity (Wildman–Crippen MR) is 71.5 cm³/mol. The van der Waals surface area contributed by atoms with Crippen molar-refractivity contribution in [3.63, 3.8) is 0 Å². The zero-order valence-corrected chi connectivity index (χ0v) is 11.0. The first kappa shape index (κ1) is 12.7. The molecule has 98 valence electrons. The topological polar surface area (TPSA) is 44.0 Å². The summed E-state index contributed by atoms with van der Waals surface area (Å²) in [4.78, 5) is 0. The van der Waals surface area contributed by atoms with Gasteiger partial charge in [-0.15, -0.1) is 0 Å². The van der Waals surface area contributed by atoms with E-state index in [9.17, 15) is 0 Å². The van der Waals surface area contributed by atoms with Crippen molar-refractivity contribution in [2.75, 3.05) is 19.0 Å². The minimum atomic E-state index is 0.681. The van der Waals surface area contributed by atoms with Gasteiger partial charge in [0, 0.05) is 38.8 Å². The molecule has 2 rings (SSSR count). The molecule has 0 amide bonds. The molecule has 1 N–H and O–H groups in total. The highest BCUT2D eigenvalue weighted by atomic mass is 16.5. The Balaban J connectivity index is 1.84. The Morgan fingerprint density at radius 3 is 3.00 bits per heavy atom. The van der Waals surface area contributed by atoms with E-state index < -0.39 is 0 Å². The highest BCUT2D eigenvalue weighted by Crippen LogP contribution is 2.08. The lowest BCUT2D eigenvalue weighted by Gasteiger charge is -2.01. The minimum Gasteiger partial charge on any atom is -0.383 e. The summed E-state index contributed by atoms with van der Waals surface area (Å²) in [6, 6.07) is 2.13. The molecule has 0 aromatic carbocycles. The van der Waals surface area contributed by atoms with E-state index >= 15 is 0 Å². The lowest BCUT2D eigenvalue weighted by atomic mass is 10.3. The van der Waals surface area contributed by atoms with Gasteiger partial charge in [-0.05, 0) is 18.6 Å². The van der Waals surface area contributed by atoms with Crippen molar-refractivity contribution in [2.24, 2.45) is 0 Å². The van der Waals surface area contributed by atoms with E-state index in [4.69, 9.17) is 4.74 Å². The smallest absolute Gasteiger partial charge is 0.0729 e. The molecular formula is C13H20N4O. The first-order valence-electron chi connectivity index (χ1n) is 6.21. The van der Waals surface area contributed by atoms with Gasteiger partial charge < -0.3 is 14.6 Å². The lowest BCUT2D eigenvalue weighted by Crippen LogP contribution is -2.04. The minimum absolute atomic E-state index is 0.681. The third kappa shape index (κ3) is 3.37. The molecule has 2 heterocycles. The highest BCUT2D eigenvalue weighted by molar-refractivity contribution is 5.38. The first-order valence-corrected chi connectivity index (χ1v) is 6.21. The van der Waals surface area contributed by atoms with E-state index in [1.165, 1.54) is 5.56 Å². The van der Waals surface area contributed by atoms with Gasteiger partial charge >= 0.3 is 0 Å². The molecule has 0 unspecified atom stereocenters. The largest absolute Gasteiger partial charge is 0.383 e. The van der Waals surface area contributed by atoms with Crippen molar-refractivity contribution in [1.29, 1.82) is 0 Å². The van der Waals surface area contributed by atoms with Crippen LogP contribution >= 0.6 is 0 Å². The summed E-state index contributed by atoms with van der Waals surface area (Å²) in [5.41, 5.74) is 2.32. The van der Waals surface area contributed by atoms with E-state index in [-0.39, 0.29) is 0 Å². The number of rotatable bonds is 7. The predicted octanol–water partition coefficient (Wildman–Crippen LogP) is 1.96. The van der Waals surface area contributed by atoms with E-state index in [2.05, 4.69) is 40.4 Å². The molecule has 0 saturated carbocycles. The summed E-state index contributed by atoms with van der Waals surface area (Å²) in [5, 5.41) is 7.61. The average molecular weight is 248 g/mol. The van der Waals surface area contributed by atoms with Gasteiger partial charge in [0.25, 0.3) is 0 Å². The SMILES string of the molecule is CCn1ccc(CNc2cnn(CCOC)c2)c1. The Bertz CT molecular complexity index is 475. The van der Waals surface area contributed by atoms with Crippen molar-refractivity contribution in [1.82, 2.24) is 14.3 Å². The third-order valence-corrected chi connectivity index (χ3v) is 2.83. The second-order valence-corrected chi connectivity index (χ2v) is 4.19. The maximum atomic E-state index is 5.02. The van der Waals surface area contributed by atoms with E-state index in [0.29, 0.717) is 6.61 Å². The lowest BCUT2D eigenvalue weighted by molar-refractivity contribution is 0.183. The second kappa shape index (κ2) is 6.26. The van der Waals surface area contributed by atoms with E-state index in [1.807, 2.05) is 17.1 Å². The molecule has 5 nitrogen and oxygen atoms in total. The zero-order chi connectivity index (χ0) is 12.8. The summed E-state index contributed by atoms with van der Waals surface area (Å²) >= 11 is 0. The van der Waals surface area contributed by atoms with Crippen molar-refractivity contribution in [3.8, 4) is 0 Å². The molecule has 0 aliphatic rings. The highest BCUT2D eigenvalue weighted by Gasteiger charge is 1.99. The van der Waals surface area contributed by atoms with Gasteiger partial charge in [0.1, 0.15) is 0 Å². The summed E-state index contributed by atoms with van der Waals surface area (Å²) in [6.45, 7) is 5.43. The Hall–Kier alpha value is -1.75. The van der Waals surface area contributed by atoms with Crippen LogP contribution in [0, 0.1) is 0 Å². The maximum absolute atomic E-state index is 5.02. The van der Waals surface area contributed by atoms with Crippen LogP contribution in [-0.4, -0.2) is 28.1 Å². The fraction of sp³-hybridized carbons (Fsp3) is 0.462. The number of anilines is 1. The summed E-state index contributed by atoms with van der Waals surface area (Å²) < 4.78 is 9.06. The van der Waals surface area contributed by atoms with Gasteiger partial charge in [0.05, 0.1) is 25.0 Å². The van der Waals surface area contributed by atoms with Crippen LogP contribution in [0.5, 0.6) is 0 Å².